The van der Waals surface area contributed by atoms with E-state index in [1.54, 1.807) is 30.3 Å². The van der Waals surface area contributed by atoms with Crippen LogP contribution in [-0.4, -0.2) is 33.2 Å². The maximum absolute atomic E-state index is 11.6. The van der Waals surface area contributed by atoms with Gasteiger partial charge in [0.15, 0.2) is 0 Å². The monoisotopic (exact) mass is 268 g/mol. The maximum atomic E-state index is 11.6. The van der Waals surface area contributed by atoms with Gasteiger partial charge in [-0.1, -0.05) is 24.3 Å². The molecule has 18 heavy (non-hydrogen) atoms. The molecule has 0 aliphatic carbocycles. The fraction of sp³-hybridized carbons (Fsp3) is 0.250. The van der Waals surface area contributed by atoms with Crippen molar-refractivity contribution in [3.63, 3.8) is 0 Å². The summed E-state index contributed by atoms with van der Waals surface area (Å²) in [7, 11) is -3.36. The van der Waals surface area contributed by atoms with Crippen molar-refractivity contribution in [2.24, 2.45) is 0 Å². The first-order chi connectivity index (χ1) is 8.55. The summed E-state index contributed by atoms with van der Waals surface area (Å²) in [6.45, 7) is 3.67. The third kappa shape index (κ3) is 5.11. The second kappa shape index (κ2) is 6.93. The molecule has 2 N–H and O–H groups in total. The van der Waals surface area contributed by atoms with Crippen LogP contribution in [-0.2, 0) is 10.0 Å². The fourth-order valence-corrected chi connectivity index (χ4v) is 2.14. The molecular weight excluding hydrogens is 252 g/mol. The molecule has 0 atom stereocenters. The summed E-state index contributed by atoms with van der Waals surface area (Å²) in [4.78, 5) is 11.6. The van der Waals surface area contributed by atoms with Crippen molar-refractivity contribution in [1.82, 2.24) is 10.0 Å². The van der Waals surface area contributed by atoms with Crippen molar-refractivity contribution < 1.29 is 13.2 Å². The van der Waals surface area contributed by atoms with Gasteiger partial charge in [0.1, 0.15) is 0 Å². The van der Waals surface area contributed by atoms with Crippen LogP contribution in [0.15, 0.2) is 43.0 Å². The van der Waals surface area contributed by atoms with Gasteiger partial charge in [-0.05, 0) is 12.1 Å². The molecule has 0 saturated heterocycles. The zero-order valence-electron chi connectivity index (χ0n) is 9.93. The van der Waals surface area contributed by atoms with Crippen molar-refractivity contribution in [3.8, 4) is 0 Å². The van der Waals surface area contributed by atoms with E-state index in [1.165, 1.54) is 6.08 Å². The van der Waals surface area contributed by atoms with E-state index in [0.717, 1.165) is 0 Å². The molecule has 0 aliphatic rings. The van der Waals surface area contributed by atoms with Crippen LogP contribution in [0.3, 0.4) is 0 Å². The van der Waals surface area contributed by atoms with Crippen LogP contribution in [0, 0.1) is 0 Å². The van der Waals surface area contributed by atoms with E-state index in [0.29, 0.717) is 5.56 Å². The van der Waals surface area contributed by atoms with Gasteiger partial charge in [-0.3, -0.25) is 4.79 Å². The van der Waals surface area contributed by atoms with E-state index in [-0.39, 0.29) is 24.7 Å². The average Bonchev–Trinajstić information content (AvgIpc) is 2.37. The highest BCUT2D eigenvalue weighted by Crippen LogP contribution is 1.97. The molecule has 0 aromatic heterocycles. The van der Waals surface area contributed by atoms with E-state index in [1.807, 2.05) is 0 Å². The van der Waals surface area contributed by atoms with Crippen LogP contribution in [0.5, 0.6) is 0 Å². The van der Waals surface area contributed by atoms with E-state index < -0.39 is 10.0 Å². The Labute approximate surface area is 107 Å². The van der Waals surface area contributed by atoms with Crippen LogP contribution in [0.1, 0.15) is 10.4 Å². The Balaban J connectivity index is 2.38. The van der Waals surface area contributed by atoms with Crippen molar-refractivity contribution in [2.75, 3.05) is 18.8 Å². The smallest absolute Gasteiger partial charge is 0.251 e. The SMILES string of the molecule is C=CCNS(=O)(=O)CCNC(=O)c1ccccc1. The van der Waals surface area contributed by atoms with Gasteiger partial charge in [0, 0.05) is 18.7 Å². The Kier molecular flexibility index (Phi) is 5.54. The molecule has 0 spiro atoms. The molecule has 0 aliphatic heterocycles. The summed E-state index contributed by atoms with van der Waals surface area (Å²) in [5.74, 6) is -0.436. The summed E-state index contributed by atoms with van der Waals surface area (Å²) >= 11 is 0. The first-order valence-corrected chi connectivity index (χ1v) is 7.12. The molecule has 0 saturated carbocycles. The van der Waals surface area contributed by atoms with Gasteiger partial charge in [-0.2, -0.15) is 0 Å². The summed E-state index contributed by atoms with van der Waals surface area (Å²) in [6.07, 6.45) is 1.46. The molecule has 0 unspecified atom stereocenters. The number of hydrogen-bond acceptors (Lipinski definition) is 3. The van der Waals surface area contributed by atoms with Gasteiger partial charge in [-0.15, -0.1) is 6.58 Å². The molecule has 5 nitrogen and oxygen atoms in total. The highest BCUT2D eigenvalue weighted by atomic mass is 32.2. The topological polar surface area (TPSA) is 75.3 Å². The third-order valence-corrected chi connectivity index (χ3v) is 3.49. The molecule has 1 amide bonds. The number of sulfonamides is 1. The Morgan fingerprint density at radius 3 is 2.56 bits per heavy atom. The molecule has 0 fully saturated rings. The van der Waals surface area contributed by atoms with Crippen molar-refractivity contribution in [2.45, 2.75) is 0 Å². The van der Waals surface area contributed by atoms with Gasteiger partial charge in [-0.25, -0.2) is 13.1 Å². The largest absolute Gasteiger partial charge is 0.351 e. The number of amides is 1. The summed E-state index contributed by atoms with van der Waals surface area (Å²) < 4.78 is 25.1. The lowest BCUT2D eigenvalue weighted by atomic mass is 10.2. The van der Waals surface area contributed by atoms with Gasteiger partial charge in [0.25, 0.3) is 5.91 Å². The van der Waals surface area contributed by atoms with Gasteiger partial charge >= 0.3 is 0 Å². The second-order valence-electron chi connectivity index (χ2n) is 3.58. The predicted molar refractivity (Wildman–Crippen MR) is 70.8 cm³/mol. The first kappa shape index (κ1) is 14.4. The van der Waals surface area contributed by atoms with Crippen LogP contribution in [0.4, 0.5) is 0 Å². The molecule has 0 radical (unpaired) electrons. The van der Waals surface area contributed by atoms with Crippen molar-refractivity contribution in [1.29, 1.82) is 0 Å². The van der Waals surface area contributed by atoms with E-state index >= 15 is 0 Å². The van der Waals surface area contributed by atoms with Crippen LogP contribution in [0.25, 0.3) is 0 Å². The second-order valence-corrected chi connectivity index (χ2v) is 5.50. The normalized spacial score (nSPS) is 10.9. The van der Waals surface area contributed by atoms with Crippen molar-refractivity contribution >= 4 is 15.9 Å². The number of hydrogen-bond donors (Lipinski definition) is 2. The molecule has 1 aromatic carbocycles. The highest BCUT2D eigenvalue weighted by molar-refractivity contribution is 7.89. The lowest BCUT2D eigenvalue weighted by molar-refractivity contribution is 0.0956. The minimum absolute atomic E-state index is 0.0696. The Morgan fingerprint density at radius 1 is 1.28 bits per heavy atom. The maximum Gasteiger partial charge on any atom is 0.251 e. The summed E-state index contributed by atoms with van der Waals surface area (Å²) in [6, 6.07) is 8.63. The quantitative estimate of drug-likeness (QED) is 0.708. The van der Waals surface area contributed by atoms with Crippen LogP contribution < -0.4 is 10.0 Å². The summed E-state index contributed by atoms with van der Waals surface area (Å²) in [5.41, 5.74) is 0.508. The molecule has 1 aromatic rings. The van der Waals surface area contributed by atoms with Crippen LogP contribution >= 0.6 is 0 Å². The zero-order chi connectivity index (χ0) is 13.4. The Hall–Kier alpha value is -1.66. The number of carbonyl (C=O) groups is 1. The molecule has 6 heteroatoms. The number of nitrogens with one attached hydrogen (secondary N) is 2. The van der Waals surface area contributed by atoms with Gasteiger partial charge in [0.05, 0.1) is 5.75 Å². The molecule has 0 heterocycles. The lowest BCUT2D eigenvalue weighted by Gasteiger charge is -2.06. The first-order valence-electron chi connectivity index (χ1n) is 5.46. The minimum atomic E-state index is -3.36. The van der Waals surface area contributed by atoms with Crippen LogP contribution in [0.2, 0.25) is 0 Å². The average molecular weight is 268 g/mol. The Morgan fingerprint density at radius 2 is 1.94 bits per heavy atom. The highest BCUT2D eigenvalue weighted by Gasteiger charge is 2.10. The molecule has 0 bridgehead atoms. The lowest BCUT2D eigenvalue weighted by Crippen LogP contribution is -2.34. The number of benzene rings is 1. The molecule has 1 rings (SSSR count). The van der Waals surface area contributed by atoms with E-state index in [4.69, 9.17) is 0 Å². The van der Waals surface area contributed by atoms with Gasteiger partial charge in [0.2, 0.25) is 10.0 Å². The summed E-state index contributed by atoms with van der Waals surface area (Å²) in [5, 5.41) is 2.55. The molecular formula is C12H16N2O3S. The van der Waals surface area contributed by atoms with Crippen molar-refractivity contribution in [3.05, 3.63) is 48.6 Å². The van der Waals surface area contributed by atoms with E-state index in [9.17, 15) is 13.2 Å². The number of rotatable bonds is 7. The predicted octanol–water partition coefficient (Wildman–Crippen LogP) is 0.522. The van der Waals surface area contributed by atoms with E-state index in [2.05, 4.69) is 16.6 Å². The Bertz CT molecular complexity index is 497. The molecule has 98 valence electrons. The van der Waals surface area contributed by atoms with Gasteiger partial charge < -0.3 is 5.32 Å². The minimum Gasteiger partial charge on any atom is -0.351 e. The number of carbonyl (C=O) groups excluding carboxylic acids is 1. The standard InChI is InChI=1S/C12H16N2O3S/c1-2-8-14-18(16,17)10-9-13-12(15)11-6-4-3-5-7-11/h2-7,14H,1,8-10H2,(H,13,15). The fourth-order valence-electron chi connectivity index (χ4n) is 1.25. The third-order valence-electron chi connectivity index (χ3n) is 2.14. The zero-order valence-corrected chi connectivity index (χ0v) is 10.7.